The summed E-state index contributed by atoms with van der Waals surface area (Å²) in [4.78, 5) is 20.2. The van der Waals surface area contributed by atoms with Crippen molar-refractivity contribution in [3.05, 3.63) is 0 Å². The molecule has 0 saturated carbocycles. The number of carboxylic acids is 2. The van der Waals surface area contributed by atoms with Gasteiger partial charge in [0.05, 0.1) is 0 Å². The van der Waals surface area contributed by atoms with Gasteiger partial charge in [0.25, 0.3) is 0 Å². The van der Waals surface area contributed by atoms with Gasteiger partial charge in [0, 0.05) is 19.5 Å². The van der Waals surface area contributed by atoms with E-state index >= 15 is 0 Å². The molecule has 4 atom stereocenters. The van der Waals surface area contributed by atoms with Crippen molar-refractivity contribution in [3.63, 3.8) is 0 Å². The fraction of sp³-hybridized carbons (Fsp3) is 0.667. The van der Waals surface area contributed by atoms with E-state index in [9.17, 15) is 9.59 Å². The summed E-state index contributed by atoms with van der Waals surface area (Å²) < 4.78 is 0. The average molecular weight is 294 g/mol. The Balaban J connectivity index is -0.000000845. The Morgan fingerprint density at radius 2 is 0.938 bits per heavy atom. The molecule has 0 saturated heterocycles. The maximum atomic E-state index is 10.1. The van der Waals surface area contributed by atoms with Crippen LogP contribution in [0.25, 0.3) is 0 Å². The molecular weight excluding hydrogens is 281 g/mol. The van der Waals surface area contributed by atoms with Gasteiger partial charge in [-0.1, -0.05) is 0 Å². The van der Waals surface area contributed by atoms with Crippen LogP contribution in [-0.4, -0.2) is 72.5 Å². The number of rotatable bonds is 5. The number of hydrogen-bond donors (Lipinski definition) is 6. The Kier molecular flexibility index (Phi) is 11.0. The summed E-state index contributed by atoms with van der Waals surface area (Å²) in [5, 5.41) is 51.5. The van der Waals surface area contributed by atoms with E-state index in [2.05, 4.69) is 0 Å². The van der Waals surface area contributed by atoms with Crippen molar-refractivity contribution < 1.29 is 65.2 Å². The third-order valence-electron chi connectivity index (χ3n) is 1.50. The third-order valence-corrected chi connectivity index (χ3v) is 1.50. The van der Waals surface area contributed by atoms with Crippen molar-refractivity contribution in [2.24, 2.45) is 0 Å². The molecule has 0 spiro atoms. The predicted octanol–water partition coefficient (Wildman–Crippen LogP) is -4.23. The van der Waals surface area contributed by atoms with Gasteiger partial charge in [-0.05, 0) is 0 Å². The van der Waals surface area contributed by atoms with Crippen molar-refractivity contribution in [1.82, 2.24) is 0 Å². The Bertz CT molecular complexity index is 208. The maximum Gasteiger partial charge on any atom is 0.335 e. The first-order valence-corrected chi connectivity index (χ1v) is 3.47. The second-order valence-corrected chi connectivity index (χ2v) is 2.55. The molecule has 4 unspecified atom stereocenters. The summed E-state index contributed by atoms with van der Waals surface area (Å²) in [5.74, 6) is -3.68. The quantitative estimate of drug-likeness (QED) is 0.275. The zero-order valence-corrected chi connectivity index (χ0v) is 11.0. The van der Waals surface area contributed by atoms with Gasteiger partial charge < -0.3 is 36.1 Å². The Labute approximate surface area is 102 Å². The van der Waals surface area contributed by atoms with Gasteiger partial charge in [0.1, 0.15) is 12.2 Å². The van der Waals surface area contributed by atoms with Gasteiger partial charge >= 0.3 is 11.9 Å². The Morgan fingerprint density at radius 1 is 0.750 bits per heavy atom. The molecule has 0 aromatic rings. The summed E-state index contributed by atoms with van der Waals surface area (Å²) in [5.41, 5.74) is 0. The van der Waals surface area contributed by atoms with Gasteiger partial charge in [-0.3, -0.25) is 0 Å². The van der Waals surface area contributed by atoms with Crippen molar-refractivity contribution >= 4 is 11.9 Å². The molecule has 92 valence electrons. The zero-order valence-electron chi connectivity index (χ0n) is 8.02. The van der Waals surface area contributed by atoms with Crippen LogP contribution in [0.5, 0.6) is 0 Å². The molecule has 0 aliphatic heterocycles. The fourth-order valence-electron chi connectivity index (χ4n) is 0.666. The zero-order chi connectivity index (χ0) is 11.5. The second-order valence-electron chi connectivity index (χ2n) is 2.55. The minimum atomic E-state index is -2.36. The standard InChI is InChI=1S/C6H10O8.H2O.Zn/c7-1(3(9)5(11)12)2(8)4(10)6(13)14;;/h1-4,7-10H,(H,11,12)(H,13,14);1H2;. The van der Waals surface area contributed by atoms with Crippen LogP contribution in [0.3, 0.4) is 0 Å². The van der Waals surface area contributed by atoms with E-state index in [-0.39, 0.29) is 25.0 Å². The summed E-state index contributed by atoms with van der Waals surface area (Å²) >= 11 is 0. The van der Waals surface area contributed by atoms with Gasteiger partial charge in [-0.2, -0.15) is 0 Å². The van der Waals surface area contributed by atoms with Crippen LogP contribution >= 0.6 is 0 Å². The van der Waals surface area contributed by atoms with Gasteiger partial charge in [-0.25, -0.2) is 9.59 Å². The van der Waals surface area contributed by atoms with Gasteiger partial charge in [-0.15, -0.1) is 0 Å². The number of carboxylic acid groups (broad SMARTS) is 2. The fourth-order valence-corrected chi connectivity index (χ4v) is 0.666. The topological polar surface area (TPSA) is 187 Å². The number of carbonyl (C=O) groups is 2. The molecule has 0 amide bonds. The smallest absolute Gasteiger partial charge is 0.335 e. The Morgan fingerprint density at radius 3 is 1.06 bits per heavy atom. The van der Waals surface area contributed by atoms with Crippen LogP contribution in [0.1, 0.15) is 0 Å². The first-order valence-electron chi connectivity index (χ1n) is 3.47. The monoisotopic (exact) mass is 292 g/mol. The molecule has 0 heterocycles. The van der Waals surface area contributed by atoms with E-state index in [4.69, 9.17) is 30.6 Å². The molecule has 0 aromatic heterocycles. The van der Waals surface area contributed by atoms with Gasteiger partial charge in [0.2, 0.25) is 0 Å². The molecule has 10 heteroatoms. The largest absolute Gasteiger partial charge is 0.479 e. The molecule has 0 aliphatic carbocycles. The van der Waals surface area contributed by atoms with Crippen LogP contribution < -0.4 is 0 Å². The summed E-state index contributed by atoms with van der Waals surface area (Å²) in [6, 6.07) is 0. The van der Waals surface area contributed by atoms with Crippen LogP contribution in [0.2, 0.25) is 0 Å². The van der Waals surface area contributed by atoms with E-state index < -0.39 is 36.4 Å². The van der Waals surface area contributed by atoms with Crippen LogP contribution in [0.15, 0.2) is 0 Å². The minimum absolute atomic E-state index is 0. The first kappa shape index (κ1) is 20.7. The molecular formula is C6H12O9Zn. The van der Waals surface area contributed by atoms with Crippen LogP contribution in [-0.2, 0) is 29.1 Å². The molecule has 0 bridgehead atoms. The molecule has 0 rings (SSSR count). The maximum absolute atomic E-state index is 10.1. The summed E-state index contributed by atoms with van der Waals surface area (Å²) in [6.45, 7) is 0. The van der Waals surface area contributed by atoms with Crippen LogP contribution in [0, 0.1) is 0 Å². The van der Waals surface area contributed by atoms with Crippen molar-refractivity contribution in [2.45, 2.75) is 24.4 Å². The van der Waals surface area contributed by atoms with Crippen molar-refractivity contribution in [2.75, 3.05) is 0 Å². The molecule has 8 N–H and O–H groups in total. The summed E-state index contributed by atoms with van der Waals surface area (Å²) in [6.07, 6.45) is -9.28. The molecule has 16 heavy (non-hydrogen) atoms. The van der Waals surface area contributed by atoms with Crippen LogP contribution in [0.4, 0.5) is 0 Å². The number of aliphatic hydroxyl groups is 4. The Hall–Kier alpha value is -0.637. The molecule has 0 fully saturated rings. The second kappa shape index (κ2) is 8.51. The molecule has 0 aromatic carbocycles. The van der Waals surface area contributed by atoms with E-state index in [1.165, 1.54) is 0 Å². The van der Waals surface area contributed by atoms with E-state index in [1.807, 2.05) is 0 Å². The summed E-state index contributed by atoms with van der Waals surface area (Å²) in [7, 11) is 0. The van der Waals surface area contributed by atoms with E-state index in [0.717, 1.165) is 0 Å². The first-order chi connectivity index (χ1) is 6.29. The minimum Gasteiger partial charge on any atom is -0.479 e. The number of hydrogen-bond acceptors (Lipinski definition) is 6. The average Bonchev–Trinajstić information content (AvgIpc) is 2.12. The SMILES string of the molecule is O.O=C(O)C(O)C(O)C(O)C(O)C(=O)O.[Zn]. The van der Waals surface area contributed by atoms with E-state index in [0.29, 0.717) is 0 Å². The molecule has 9 nitrogen and oxygen atoms in total. The number of aliphatic carboxylic acids is 2. The van der Waals surface area contributed by atoms with Crippen molar-refractivity contribution in [1.29, 1.82) is 0 Å². The molecule has 0 radical (unpaired) electrons. The van der Waals surface area contributed by atoms with Gasteiger partial charge in [0.15, 0.2) is 12.2 Å². The van der Waals surface area contributed by atoms with Crippen molar-refractivity contribution in [3.8, 4) is 0 Å². The molecule has 0 aliphatic rings. The normalized spacial score (nSPS) is 17.0. The number of aliphatic hydroxyl groups excluding tert-OH is 4. The van der Waals surface area contributed by atoms with E-state index in [1.54, 1.807) is 0 Å². The third kappa shape index (κ3) is 5.45. The predicted molar refractivity (Wildman–Crippen MR) is 42.9 cm³/mol.